The Kier molecular flexibility index (Phi) is 8.71. The second kappa shape index (κ2) is 11.7. The normalized spacial score (nSPS) is 11.3. The Hall–Kier alpha value is -4.13. The van der Waals surface area contributed by atoms with Crippen LogP contribution < -0.4 is 20.2 Å². The van der Waals surface area contributed by atoms with Crippen LogP contribution in [0.25, 0.3) is 0 Å². The third kappa shape index (κ3) is 7.43. The number of halogens is 4. The van der Waals surface area contributed by atoms with E-state index in [9.17, 15) is 28.1 Å². The molecule has 3 aromatic rings. The van der Waals surface area contributed by atoms with E-state index < -0.39 is 22.4 Å². The number of rotatable bonds is 9. The summed E-state index contributed by atoms with van der Waals surface area (Å²) in [4.78, 5) is 22.5. The molecule has 0 atom stereocenters. The molecule has 3 aromatic carbocycles. The number of ether oxygens (including phenoxy) is 2. The minimum atomic E-state index is -4.72. The predicted octanol–water partition coefficient (Wildman–Crippen LogP) is 6.16. The minimum Gasteiger partial charge on any atom is -0.493 e. The number of carbonyl (C=O) groups is 1. The second-order valence-electron chi connectivity index (χ2n) is 7.59. The van der Waals surface area contributed by atoms with Crippen molar-refractivity contribution in [2.45, 2.75) is 13.1 Å². The van der Waals surface area contributed by atoms with Gasteiger partial charge in [-0.25, -0.2) is 0 Å². The zero-order valence-corrected chi connectivity index (χ0v) is 21.0. The summed E-state index contributed by atoms with van der Waals surface area (Å²) >= 11 is 3.34. The number of nitrogens with zero attached hydrogens (tertiary/aromatic N) is 2. The van der Waals surface area contributed by atoms with E-state index in [2.05, 4.69) is 31.8 Å². The summed E-state index contributed by atoms with van der Waals surface area (Å²) in [7, 11) is 1.39. The number of amides is 1. The molecule has 0 fully saturated rings. The average Bonchev–Trinajstić information content (AvgIpc) is 2.83. The van der Waals surface area contributed by atoms with Crippen LogP contribution in [0, 0.1) is 17.0 Å². The van der Waals surface area contributed by atoms with Gasteiger partial charge in [-0.1, -0.05) is 17.7 Å². The summed E-state index contributed by atoms with van der Waals surface area (Å²) in [5, 5.41) is 17.8. The van der Waals surface area contributed by atoms with Gasteiger partial charge in [-0.05, 0) is 64.8 Å². The Morgan fingerprint density at radius 3 is 2.49 bits per heavy atom. The lowest BCUT2D eigenvalue weighted by atomic mass is 10.1. The van der Waals surface area contributed by atoms with E-state index >= 15 is 0 Å². The van der Waals surface area contributed by atoms with Gasteiger partial charge in [0, 0.05) is 11.8 Å². The van der Waals surface area contributed by atoms with Gasteiger partial charge in [-0.3, -0.25) is 20.3 Å². The summed E-state index contributed by atoms with van der Waals surface area (Å²) in [5.74, 6) is 0.135. The lowest BCUT2D eigenvalue weighted by Gasteiger charge is -2.13. The standard InChI is InChI=1S/C24H20BrF3N4O5/c1-14-3-6-17(7-4-14)30-22(33)13-37-23-18(25)9-15(10-21(23)36-2)12-29-31-19-8-5-16(24(26,27)28)11-20(19)32(34)35/h3-12,31H,13H2,1-2H3,(H,30,33)/b29-12-. The van der Waals surface area contributed by atoms with Crippen molar-refractivity contribution >= 4 is 45.1 Å². The van der Waals surface area contributed by atoms with E-state index in [0.29, 0.717) is 27.9 Å². The first-order chi connectivity index (χ1) is 17.5. The molecule has 37 heavy (non-hydrogen) atoms. The molecule has 0 heterocycles. The molecule has 0 bridgehead atoms. The van der Waals surface area contributed by atoms with Gasteiger partial charge in [0.25, 0.3) is 11.6 Å². The number of anilines is 2. The van der Waals surface area contributed by atoms with E-state index in [-0.39, 0.29) is 29.7 Å². The molecular formula is C24H20BrF3N4O5. The van der Waals surface area contributed by atoms with Crippen molar-refractivity contribution < 1.29 is 32.4 Å². The molecular weight excluding hydrogens is 561 g/mol. The number of aryl methyl sites for hydroxylation is 1. The zero-order valence-electron chi connectivity index (χ0n) is 19.4. The lowest BCUT2D eigenvalue weighted by molar-refractivity contribution is -0.384. The number of methoxy groups -OCH3 is 1. The van der Waals surface area contributed by atoms with Crippen molar-refractivity contribution in [3.63, 3.8) is 0 Å². The van der Waals surface area contributed by atoms with Crippen LogP contribution >= 0.6 is 15.9 Å². The first kappa shape index (κ1) is 27.5. The van der Waals surface area contributed by atoms with Gasteiger partial charge in [-0.15, -0.1) is 0 Å². The van der Waals surface area contributed by atoms with Gasteiger partial charge < -0.3 is 14.8 Å². The van der Waals surface area contributed by atoms with E-state index in [1.807, 2.05) is 19.1 Å². The van der Waals surface area contributed by atoms with Gasteiger partial charge in [0.2, 0.25) is 0 Å². The number of carbonyl (C=O) groups excluding carboxylic acids is 1. The number of hydrazone groups is 1. The van der Waals surface area contributed by atoms with Crippen LogP contribution in [0.1, 0.15) is 16.7 Å². The molecule has 0 saturated carbocycles. The Morgan fingerprint density at radius 2 is 1.86 bits per heavy atom. The van der Waals surface area contributed by atoms with Crippen LogP contribution in [0.15, 0.2) is 64.2 Å². The molecule has 194 valence electrons. The van der Waals surface area contributed by atoms with Gasteiger partial charge in [0.15, 0.2) is 18.1 Å². The van der Waals surface area contributed by atoms with E-state index in [1.165, 1.54) is 19.4 Å². The summed E-state index contributed by atoms with van der Waals surface area (Å²) in [6.07, 6.45) is -3.44. The summed E-state index contributed by atoms with van der Waals surface area (Å²) in [5.41, 5.74) is 2.37. The first-order valence-electron chi connectivity index (χ1n) is 10.5. The number of benzene rings is 3. The maximum Gasteiger partial charge on any atom is 0.416 e. The highest BCUT2D eigenvalue weighted by atomic mass is 79.9. The molecule has 0 unspecified atom stereocenters. The molecule has 1 amide bonds. The molecule has 0 aliphatic heterocycles. The molecule has 13 heteroatoms. The molecule has 0 spiro atoms. The molecule has 0 aromatic heterocycles. The van der Waals surface area contributed by atoms with Crippen molar-refractivity contribution in [3.8, 4) is 11.5 Å². The molecule has 0 aliphatic carbocycles. The van der Waals surface area contributed by atoms with Crippen LogP contribution in [-0.2, 0) is 11.0 Å². The van der Waals surface area contributed by atoms with E-state index in [0.717, 1.165) is 11.6 Å². The molecule has 2 N–H and O–H groups in total. The lowest BCUT2D eigenvalue weighted by Crippen LogP contribution is -2.20. The Balaban J connectivity index is 1.70. The fourth-order valence-corrected chi connectivity index (χ4v) is 3.63. The molecule has 0 radical (unpaired) electrons. The van der Waals surface area contributed by atoms with Gasteiger partial charge in [-0.2, -0.15) is 18.3 Å². The third-order valence-electron chi connectivity index (χ3n) is 4.86. The van der Waals surface area contributed by atoms with E-state index in [4.69, 9.17) is 9.47 Å². The van der Waals surface area contributed by atoms with Crippen LogP contribution in [0.3, 0.4) is 0 Å². The Morgan fingerprint density at radius 1 is 1.16 bits per heavy atom. The summed E-state index contributed by atoms with van der Waals surface area (Å²) in [6.45, 7) is 1.64. The van der Waals surface area contributed by atoms with Gasteiger partial charge in [0.05, 0.1) is 28.3 Å². The van der Waals surface area contributed by atoms with E-state index in [1.54, 1.807) is 18.2 Å². The maximum atomic E-state index is 12.9. The Bertz CT molecular complexity index is 1330. The fraction of sp³-hybridized carbons (Fsp3) is 0.167. The number of nitro groups is 1. The van der Waals surface area contributed by atoms with Gasteiger partial charge >= 0.3 is 6.18 Å². The number of hydrogen-bond acceptors (Lipinski definition) is 7. The quantitative estimate of drug-likeness (QED) is 0.178. The average molecular weight is 581 g/mol. The van der Waals surface area contributed by atoms with Crippen molar-refractivity contribution in [2.24, 2.45) is 5.10 Å². The minimum absolute atomic E-state index is 0.222. The number of nitro benzene ring substituents is 1. The molecule has 0 aliphatic rings. The zero-order chi connectivity index (χ0) is 27.2. The molecule has 9 nitrogen and oxygen atoms in total. The summed E-state index contributed by atoms with van der Waals surface area (Å²) in [6, 6.07) is 12.4. The maximum absolute atomic E-state index is 12.9. The van der Waals surface area contributed by atoms with Crippen molar-refractivity contribution in [1.82, 2.24) is 0 Å². The van der Waals surface area contributed by atoms with Gasteiger partial charge in [0.1, 0.15) is 5.69 Å². The topological polar surface area (TPSA) is 115 Å². The largest absolute Gasteiger partial charge is 0.493 e. The molecule has 0 saturated heterocycles. The monoisotopic (exact) mass is 580 g/mol. The number of hydrogen-bond donors (Lipinski definition) is 2. The van der Waals surface area contributed by atoms with Crippen molar-refractivity contribution in [1.29, 1.82) is 0 Å². The predicted molar refractivity (Wildman–Crippen MR) is 135 cm³/mol. The number of nitrogens with one attached hydrogen (secondary N) is 2. The molecule has 3 rings (SSSR count). The highest BCUT2D eigenvalue weighted by Crippen LogP contribution is 2.37. The van der Waals surface area contributed by atoms with Crippen LogP contribution in [0.5, 0.6) is 11.5 Å². The second-order valence-corrected chi connectivity index (χ2v) is 8.45. The Labute approximate surface area is 217 Å². The first-order valence-corrected chi connectivity index (χ1v) is 11.3. The number of alkyl halides is 3. The van der Waals surface area contributed by atoms with Crippen LogP contribution in [-0.4, -0.2) is 30.8 Å². The highest BCUT2D eigenvalue weighted by Gasteiger charge is 2.33. The highest BCUT2D eigenvalue weighted by molar-refractivity contribution is 9.10. The third-order valence-corrected chi connectivity index (χ3v) is 5.44. The van der Waals surface area contributed by atoms with Crippen molar-refractivity contribution in [3.05, 3.63) is 85.9 Å². The summed E-state index contributed by atoms with van der Waals surface area (Å²) < 4.78 is 50.0. The van der Waals surface area contributed by atoms with Crippen LogP contribution in [0.2, 0.25) is 0 Å². The fourth-order valence-electron chi connectivity index (χ4n) is 3.06. The van der Waals surface area contributed by atoms with Crippen LogP contribution in [0.4, 0.5) is 30.2 Å². The van der Waals surface area contributed by atoms with Crippen molar-refractivity contribution in [2.75, 3.05) is 24.5 Å². The smallest absolute Gasteiger partial charge is 0.416 e. The SMILES string of the molecule is COc1cc(/C=N\Nc2ccc(C(F)(F)F)cc2[N+](=O)[O-])cc(Br)c1OCC(=O)Nc1ccc(C)cc1.